The number of esters is 1. The van der Waals surface area contributed by atoms with Gasteiger partial charge in [-0.1, -0.05) is 13.8 Å². The van der Waals surface area contributed by atoms with Crippen molar-refractivity contribution >= 4 is 59.7 Å². The van der Waals surface area contributed by atoms with Gasteiger partial charge in [-0.2, -0.15) is 0 Å². The van der Waals surface area contributed by atoms with Gasteiger partial charge < -0.3 is 33.8 Å². The Morgan fingerprint density at radius 1 is 0.652 bits per heavy atom. The molecule has 390 valence electrons. The first-order valence-electron chi connectivity index (χ1n) is 24.1. The van der Waals surface area contributed by atoms with Crippen LogP contribution in [0.5, 0.6) is 0 Å². The summed E-state index contributed by atoms with van der Waals surface area (Å²) in [6.07, 6.45) is 5.14. The first-order chi connectivity index (χ1) is 31.9. The Bertz CT molecular complexity index is 2100. The second-order valence-corrected chi connectivity index (χ2v) is 20.3. The third-order valence-electron chi connectivity index (χ3n) is 13.3. The van der Waals surface area contributed by atoms with Gasteiger partial charge in [-0.25, -0.2) is 30.2 Å². The monoisotopic (exact) mass is 1090 g/mol. The number of halogens is 1. The molecule has 69 heavy (non-hydrogen) atoms. The Kier molecular flexibility index (Phi) is 19.9. The van der Waals surface area contributed by atoms with E-state index in [1.54, 1.807) is 14.1 Å². The van der Waals surface area contributed by atoms with Crippen LogP contribution < -0.4 is 32.2 Å². The summed E-state index contributed by atoms with van der Waals surface area (Å²) in [6.45, 7) is 26.9. The van der Waals surface area contributed by atoms with E-state index in [0.717, 1.165) is 89.4 Å². The fraction of sp³-hybridized carbons (Fsp3) is 0.745. The van der Waals surface area contributed by atoms with Crippen molar-refractivity contribution in [3.63, 3.8) is 0 Å². The fourth-order valence-corrected chi connectivity index (χ4v) is 10.1. The van der Waals surface area contributed by atoms with Crippen LogP contribution >= 0.6 is 24.0 Å². The van der Waals surface area contributed by atoms with Crippen LogP contribution in [0.1, 0.15) is 128 Å². The fourth-order valence-electron chi connectivity index (χ4n) is 10.1. The maximum Gasteiger partial charge on any atom is 0.410 e. The number of piperidine rings is 2. The Morgan fingerprint density at radius 3 is 1.35 bits per heavy atom. The Labute approximate surface area is 425 Å². The topological polar surface area (TPSA) is 223 Å². The molecule has 22 heteroatoms. The third kappa shape index (κ3) is 13.9. The number of methoxy groups -OCH3 is 1. The van der Waals surface area contributed by atoms with Gasteiger partial charge >= 0.3 is 18.2 Å². The lowest BCUT2D eigenvalue weighted by Gasteiger charge is -2.48. The van der Waals surface area contributed by atoms with Gasteiger partial charge in [0, 0.05) is 105 Å². The first-order valence-corrected chi connectivity index (χ1v) is 24.1. The molecule has 0 aromatic carbocycles. The number of piperazine rings is 2. The molecular weight excluding hydrogens is 1000 g/mol. The van der Waals surface area contributed by atoms with Crippen LogP contribution in [-0.2, 0) is 28.3 Å². The number of hydrogen-bond acceptors (Lipinski definition) is 16. The highest BCUT2D eigenvalue weighted by Crippen LogP contribution is 2.29. The van der Waals surface area contributed by atoms with Crippen molar-refractivity contribution in [3.05, 3.63) is 43.5 Å². The van der Waals surface area contributed by atoms with Crippen molar-refractivity contribution in [3.8, 4) is 0 Å². The summed E-state index contributed by atoms with van der Waals surface area (Å²) >= 11 is 0. The summed E-state index contributed by atoms with van der Waals surface area (Å²) in [7, 11) is 4.59. The predicted molar refractivity (Wildman–Crippen MR) is 277 cm³/mol. The Morgan fingerprint density at radius 2 is 1.01 bits per heavy atom. The number of hydrogen-bond donors (Lipinski definition) is 2. The number of rotatable bonds is 8. The molecule has 0 unspecified atom stereocenters. The lowest BCUT2D eigenvalue weighted by Crippen LogP contribution is -2.59. The third-order valence-corrected chi connectivity index (χ3v) is 13.3. The molecule has 3 N–H and O–H groups in total. The normalized spacial score (nSPS) is 20.1. The minimum atomic E-state index is -0.718. The molecular formula is C47H81IN12O9. The Balaban J connectivity index is 0.000000360. The van der Waals surface area contributed by atoms with Crippen molar-refractivity contribution in [1.29, 1.82) is 0 Å². The molecule has 0 spiro atoms. The SMILES string of the molecule is CC[C@H]1CN(c2c(C)nc(C(=O)NN)c(=O)n2C)CCN1C1CCN(C(=O)OC(C)(C)C)CC1.CC[C@H]1CN(c2c(C)nc(C(=O)OC)c(=O)n2C)CCN1C1CCN(C(=O)OC(C)(C)C)CC1.I.[2HH]. The molecule has 0 radical (unpaired) electrons. The van der Waals surface area contributed by atoms with Gasteiger partial charge in [-0.15, -0.1) is 24.0 Å². The Hall–Kier alpha value is -4.55. The van der Waals surface area contributed by atoms with E-state index in [0.29, 0.717) is 61.7 Å². The van der Waals surface area contributed by atoms with E-state index in [4.69, 9.17) is 20.1 Å². The van der Waals surface area contributed by atoms with Crippen LogP contribution in [0, 0.1) is 13.8 Å². The standard InChI is InChI=1S/C24H39N5O5.C23H39N7O4.HI.H2/c1-8-17-15-28(20-16(2)25-19(22(31)33-7)21(30)26(20)6)13-14-29(17)18-9-11-27(12-10-18)23(32)34-24(3,4)5;1-7-16-14-29(20-15(2)25-18(19(31)26-24)21(32)27(20)6)12-13-30(16)17-8-10-28(11-9-17)22(33)34-23(3,4)5;;/h17-18H,8-15H2,1-7H3;16-17H,7-14,24H2,1-6H3,(H,26,31);2*1H/t17-;16-;;/m00../s1/i;;;1+1. The number of nitrogen functional groups attached to an aromatic ring is 1. The van der Waals surface area contributed by atoms with Gasteiger partial charge in [-0.05, 0) is 93.9 Å². The van der Waals surface area contributed by atoms with E-state index >= 15 is 0 Å². The summed E-state index contributed by atoms with van der Waals surface area (Å²) < 4.78 is 18.8. The van der Waals surface area contributed by atoms with E-state index in [2.05, 4.69) is 43.4 Å². The average molecular weight is 1090 g/mol. The predicted octanol–water partition coefficient (Wildman–Crippen LogP) is 4.03. The van der Waals surface area contributed by atoms with Crippen LogP contribution in [0.25, 0.3) is 0 Å². The van der Waals surface area contributed by atoms with Crippen molar-refractivity contribution in [2.75, 3.05) is 82.4 Å². The van der Waals surface area contributed by atoms with Crippen molar-refractivity contribution < 1.29 is 34.8 Å². The molecule has 2 aromatic heterocycles. The number of hydrazine groups is 1. The molecule has 4 aliphatic heterocycles. The minimum Gasteiger partial charge on any atom is -0.464 e. The molecule has 0 aliphatic carbocycles. The zero-order valence-corrected chi connectivity index (χ0v) is 45.6. The summed E-state index contributed by atoms with van der Waals surface area (Å²) in [6, 6.07) is 1.45. The number of ether oxygens (including phenoxy) is 3. The van der Waals surface area contributed by atoms with Crippen molar-refractivity contribution in [1.82, 2.24) is 44.1 Å². The summed E-state index contributed by atoms with van der Waals surface area (Å²) in [4.78, 5) is 95.8. The van der Waals surface area contributed by atoms with Crippen LogP contribution in [0.3, 0.4) is 0 Å². The van der Waals surface area contributed by atoms with E-state index in [1.807, 2.05) is 70.6 Å². The van der Waals surface area contributed by atoms with Crippen molar-refractivity contribution in [2.24, 2.45) is 19.9 Å². The number of aryl methyl sites for hydroxylation is 2. The van der Waals surface area contributed by atoms with Crippen LogP contribution in [0.4, 0.5) is 21.2 Å². The number of likely N-dealkylation sites (tertiary alicyclic amines) is 2. The van der Waals surface area contributed by atoms with Gasteiger partial charge in [0.25, 0.3) is 17.0 Å². The zero-order chi connectivity index (χ0) is 50.4. The van der Waals surface area contributed by atoms with Gasteiger partial charge in [0.15, 0.2) is 5.69 Å². The summed E-state index contributed by atoms with van der Waals surface area (Å²) in [5.41, 5.74) is 0.970. The molecule has 6 rings (SSSR count). The van der Waals surface area contributed by atoms with E-state index in [9.17, 15) is 28.8 Å². The highest BCUT2D eigenvalue weighted by molar-refractivity contribution is 14.0. The number of amides is 3. The molecule has 6 heterocycles. The highest BCUT2D eigenvalue weighted by Gasteiger charge is 2.38. The zero-order valence-electron chi connectivity index (χ0n) is 43.3. The summed E-state index contributed by atoms with van der Waals surface area (Å²) in [5, 5.41) is 0. The summed E-state index contributed by atoms with van der Waals surface area (Å²) in [5.74, 6) is 5.27. The molecule has 2 atom stereocenters. The number of carbonyl (C=O) groups excluding carboxylic acids is 4. The number of nitrogens with zero attached hydrogens (tertiary/aromatic N) is 10. The molecule has 0 saturated carbocycles. The smallest absolute Gasteiger partial charge is 0.410 e. The number of nitrogens with one attached hydrogen (secondary N) is 1. The maximum absolute atomic E-state index is 12.7. The molecule has 4 fully saturated rings. The number of carbonyl (C=O) groups is 4. The maximum atomic E-state index is 12.7. The second kappa shape index (κ2) is 24.0. The van der Waals surface area contributed by atoms with Gasteiger partial charge in [0.2, 0.25) is 5.69 Å². The average Bonchev–Trinajstić information content (AvgIpc) is 3.30. The molecule has 4 aliphatic rings. The minimum absolute atomic E-state index is 0. The molecule has 2 aromatic rings. The van der Waals surface area contributed by atoms with Gasteiger partial charge in [-0.3, -0.25) is 38.7 Å². The van der Waals surface area contributed by atoms with Gasteiger partial charge in [0.1, 0.15) is 22.8 Å². The van der Waals surface area contributed by atoms with Crippen LogP contribution in [0.2, 0.25) is 0 Å². The van der Waals surface area contributed by atoms with Crippen LogP contribution in [0.15, 0.2) is 9.59 Å². The number of anilines is 2. The molecule has 21 nitrogen and oxygen atoms in total. The lowest BCUT2D eigenvalue weighted by atomic mass is 9.98. The molecule has 3 amide bonds. The van der Waals surface area contributed by atoms with Crippen molar-refractivity contribution in [2.45, 2.75) is 143 Å². The molecule has 0 bridgehead atoms. The molecule has 4 saturated heterocycles. The number of nitrogens with two attached hydrogens (primary N) is 1. The van der Waals surface area contributed by atoms with Gasteiger partial charge in [0.05, 0.1) is 18.5 Å². The van der Waals surface area contributed by atoms with E-state index in [1.165, 1.54) is 16.2 Å². The van der Waals surface area contributed by atoms with E-state index in [-0.39, 0.29) is 49.0 Å². The lowest BCUT2D eigenvalue weighted by molar-refractivity contribution is 0.00846. The first kappa shape index (κ1) is 57.0. The number of aromatic nitrogens is 4. The highest BCUT2D eigenvalue weighted by atomic mass is 127. The van der Waals surface area contributed by atoms with Crippen LogP contribution in [-0.4, -0.2) is 171 Å². The van der Waals surface area contributed by atoms with E-state index < -0.39 is 34.2 Å². The second-order valence-electron chi connectivity index (χ2n) is 20.3. The largest absolute Gasteiger partial charge is 0.464 e. The quantitative estimate of drug-likeness (QED) is 0.0951.